The second kappa shape index (κ2) is 10.3. The molecule has 0 aliphatic rings. The Morgan fingerprint density at radius 2 is 2.00 bits per heavy atom. The summed E-state index contributed by atoms with van der Waals surface area (Å²) >= 11 is 6.15. The molecule has 1 N–H and O–H groups in total. The fourth-order valence-electron chi connectivity index (χ4n) is 1.74. The highest BCUT2D eigenvalue weighted by molar-refractivity contribution is 14.0. The van der Waals surface area contributed by atoms with Crippen molar-refractivity contribution in [3.05, 3.63) is 34.9 Å². The van der Waals surface area contributed by atoms with Crippen molar-refractivity contribution in [1.29, 1.82) is 0 Å². The van der Waals surface area contributed by atoms with E-state index in [4.69, 9.17) is 11.6 Å². The molecule has 126 valence electrons. The van der Waals surface area contributed by atoms with E-state index in [0.29, 0.717) is 24.1 Å². The van der Waals surface area contributed by atoms with Crippen LogP contribution in [-0.4, -0.2) is 51.4 Å². The van der Waals surface area contributed by atoms with Crippen LogP contribution in [0.5, 0.6) is 0 Å². The van der Waals surface area contributed by atoms with E-state index in [1.165, 1.54) is 6.26 Å². The minimum Gasteiger partial charge on any atom is -0.357 e. The molecule has 0 radical (unpaired) electrons. The first-order valence-electron chi connectivity index (χ1n) is 6.74. The number of aliphatic imine (C=N–C) groups is 1. The van der Waals surface area contributed by atoms with Gasteiger partial charge in [0.1, 0.15) is 9.84 Å². The number of nitrogens with zero attached hydrogens (tertiary/aromatic N) is 2. The molecule has 0 fully saturated rings. The van der Waals surface area contributed by atoms with Gasteiger partial charge in [0.25, 0.3) is 0 Å². The van der Waals surface area contributed by atoms with Gasteiger partial charge in [-0.2, -0.15) is 0 Å². The summed E-state index contributed by atoms with van der Waals surface area (Å²) in [4.78, 5) is 6.26. The highest BCUT2D eigenvalue weighted by Gasteiger charge is 2.09. The average molecular weight is 460 g/mol. The monoisotopic (exact) mass is 459 g/mol. The lowest BCUT2D eigenvalue weighted by atomic mass is 10.2. The van der Waals surface area contributed by atoms with Crippen LogP contribution >= 0.6 is 35.6 Å². The summed E-state index contributed by atoms with van der Waals surface area (Å²) in [5, 5.41) is 3.85. The number of hydrogen-bond donors (Lipinski definition) is 1. The molecule has 0 bridgehead atoms. The molecule has 0 aliphatic carbocycles. The van der Waals surface area contributed by atoms with Crippen LogP contribution in [0, 0.1) is 0 Å². The van der Waals surface area contributed by atoms with Crippen molar-refractivity contribution >= 4 is 51.4 Å². The third-order valence-electron chi connectivity index (χ3n) is 2.79. The average Bonchev–Trinajstić information content (AvgIpc) is 2.39. The van der Waals surface area contributed by atoms with E-state index < -0.39 is 9.84 Å². The fourth-order valence-corrected chi connectivity index (χ4v) is 2.36. The topological polar surface area (TPSA) is 61.8 Å². The molecule has 1 rings (SSSR count). The zero-order chi connectivity index (χ0) is 15.9. The number of hydrogen-bond acceptors (Lipinski definition) is 3. The first-order chi connectivity index (χ1) is 9.83. The molecular formula is C14H23ClIN3O2S. The van der Waals surface area contributed by atoms with Crippen LogP contribution in [0.15, 0.2) is 29.3 Å². The van der Waals surface area contributed by atoms with Gasteiger partial charge in [0.15, 0.2) is 5.96 Å². The van der Waals surface area contributed by atoms with Crippen molar-refractivity contribution in [3.8, 4) is 0 Å². The molecule has 0 aliphatic heterocycles. The molecule has 0 atom stereocenters. The van der Waals surface area contributed by atoms with E-state index in [0.717, 1.165) is 5.56 Å². The zero-order valence-electron chi connectivity index (χ0n) is 13.0. The van der Waals surface area contributed by atoms with Crippen molar-refractivity contribution in [2.75, 3.05) is 32.1 Å². The second-order valence-corrected chi connectivity index (χ2v) is 7.48. The van der Waals surface area contributed by atoms with Crippen LogP contribution in [0.4, 0.5) is 0 Å². The normalized spacial score (nSPS) is 11.7. The Kier molecular flexibility index (Phi) is 10.0. The maximum absolute atomic E-state index is 11.2. The van der Waals surface area contributed by atoms with Gasteiger partial charge in [0, 0.05) is 31.4 Å². The zero-order valence-corrected chi connectivity index (χ0v) is 16.9. The Hall–Kier alpha value is -0.540. The summed E-state index contributed by atoms with van der Waals surface area (Å²) in [6.07, 6.45) is 1.21. The predicted octanol–water partition coefficient (Wildman–Crippen LogP) is 2.40. The highest BCUT2D eigenvalue weighted by atomic mass is 127. The number of guanidine groups is 1. The number of benzene rings is 1. The molecule has 1 aromatic carbocycles. The molecule has 0 saturated heterocycles. The third-order valence-corrected chi connectivity index (χ3v) is 4.08. The molecule has 0 aromatic heterocycles. The minimum absolute atomic E-state index is 0. The van der Waals surface area contributed by atoms with E-state index >= 15 is 0 Å². The lowest BCUT2D eigenvalue weighted by Crippen LogP contribution is -2.38. The minimum atomic E-state index is -3.00. The Morgan fingerprint density at radius 1 is 1.36 bits per heavy atom. The van der Waals surface area contributed by atoms with Gasteiger partial charge in [-0.1, -0.05) is 29.8 Å². The maximum atomic E-state index is 11.2. The van der Waals surface area contributed by atoms with Crippen molar-refractivity contribution in [2.24, 2.45) is 4.99 Å². The van der Waals surface area contributed by atoms with Crippen molar-refractivity contribution in [3.63, 3.8) is 0 Å². The van der Waals surface area contributed by atoms with Gasteiger partial charge in [0.2, 0.25) is 0 Å². The molecule has 0 spiro atoms. The molecule has 0 heterocycles. The smallest absolute Gasteiger partial charge is 0.193 e. The first-order valence-corrected chi connectivity index (χ1v) is 9.18. The number of halogens is 2. The Morgan fingerprint density at radius 3 is 2.55 bits per heavy atom. The largest absolute Gasteiger partial charge is 0.357 e. The van der Waals surface area contributed by atoms with Crippen molar-refractivity contribution in [2.45, 2.75) is 13.5 Å². The maximum Gasteiger partial charge on any atom is 0.193 e. The Labute approximate surface area is 155 Å². The lowest BCUT2D eigenvalue weighted by molar-refractivity contribution is 0.477. The summed E-state index contributed by atoms with van der Waals surface area (Å²) < 4.78 is 22.3. The lowest BCUT2D eigenvalue weighted by Gasteiger charge is -2.22. The molecule has 1 aromatic rings. The van der Waals surface area contributed by atoms with E-state index in [1.54, 1.807) is 0 Å². The quantitative estimate of drug-likeness (QED) is 0.403. The van der Waals surface area contributed by atoms with E-state index in [9.17, 15) is 8.42 Å². The Bertz CT molecular complexity index is 594. The van der Waals surface area contributed by atoms with Crippen LogP contribution in [0.25, 0.3) is 0 Å². The Balaban J connectivity index is 0.00000441. The van der Waals surface area contributed by atoms with Gasteiger partial charge < -0.3 is 10.2 Å². The van der Waals surface area contributed by atoms with E-state index in [-0.39, 0.29) is 36.3 Å². The highest BCUT2D eigenvalue weighted by Crippen LogP contribution is 2.16. The molecule has 22 heavy (non-hydrogen) atoms. The van der Waals surface area contributed by atoms with Gasteiger partial charge >= 0.3 is 0 Å². The van der Waals surface area contributed by atoms with Gasteiger partial charge in [-0.15, -0.1) is 24.0 Å². The molecule has 0 amide bonds. The molecule has 8 heteroatoms. The van der Waals surface area contributed by atoms with Gasteiger partial charge in [-0.3, -0.25) is 4.99 Å². The summed E-state index contributed by atoms with van der Waals surface area (Å²) in [5.74, 6) is 0.711. The standard InChI is InChI=1S/C14H22ClN3O2S.HI/c1-4-16-14(17-9-10-21(3,19)20)18(2)11-12-7-5-6-8-13(12)15;/h5-8H,4,9-11H2,1-3H3,(H,16,17);1H. The van der Waals surface area contributed by atoms with Crippen LogP contribution in [-0.2, 0) is 16.4 Å². The van der Waals surface area contributed by atoms with Gasteiger partial charge in [-0.05, 0) is 18.6 Å². The van der Waals surface area contributed by atoms with Crippen LogP contribution in [0.1, 0.15) is 12.5 Å². The van der Waals surface area contributed by atoms with Gasteiger partial charge in [0.05, 0.1) is 12.3 Å². The predicted molar refractivity (Wildman–Crippen MR) is 104 cm³/mol. The number of rotatable bonds is 6. The van der Waals surface area contributed by atoms with Gasteiger partial charge in [-0.25, -0.2) is 8.42 Å². The summed E-state index contributed by atoms with van der Waals surface area (Å²) in [5.41, 5.74) is 0.996. The van der Waals surface area contributed by atoms with Crippen LogP contribution in [0.2, 0.25) is 5.02 Å². The van der Waals surface area contributed by atoms with E-state index in [2.05, 4.69) is 10.3 Å². The second-order valence-electron chi connectivity index (χ2n) is 4.81. The third kappa shape index (κ3) is 8.19. The SMILES string of the molecule is CCNC(=NCCS(C)(=O)=O)N(C)Cc1ccccc1Cl.I. The summed E-state index contributed by atoms with van der Waals surface area (Å²) in [7, 11) is -1.11. The summed E-state index contributed by atoms with van der Waals surface area (Å²) in [6.45, 7) is 3.53. The summed E-state index contributed by atoms with van der Waals surface area (Å²) in [6, 6.07) is 7.62. The number of nitrogens with one attached hydrogen (secondary N) is 1. The molecule has 5 nitrogen and oxygen atoms in total. The number of sulfone groups is 1. The van der Waals surface area contributed by atoms with E-state index in [1.807, 2.05) is 43.1 Å². The molecular weight excluding hydrogens is 437 g/mol. The fraction of sp³-hybridized carbons (Fsp3) is 0.500. The first kappa shape index (κ1) is 21.5. The van der Waals surface area contributed by atoms with Crippen molar-refractivity contribution in [1.82, 2.24) is 10.2 Å². The molecule has 0 unspecified atom stereocenters. The van der Waals surface area contributed by atoms with Crippen molar-refractivity contribution < 1.29 is 8.42 Å². The molecule has 0 saturated carbocycles. The van der Waals surface area contributed by atoms with Crippen LogP contribution in [0.3, 0.4) is 0 Å². The van der Waals surface area contributed by atoms with Crippen LogP contribution < -0.4 is 5.32 Å².